The zero-order valence-corrected chi connectivity index (χ0v) is 13.6. The first-order chi connectivity index (χ1) is 10.5. The number of nitrogens with zero attached hydrogens (tertiary/aromatic N) is 2. The van der Waals surface area contributed by atoms with Crippen LogP contribution in [0.1, 0.15) is 11.4 Å². The lowest BCUT2D eigenvalue weighted by Gasteiger charge is -2.08. The SMILES string of the molecule is Cc1cc(-c2ccc(F)cc2)cn1Cc1nc(Br)ccc1N. The van der Waals surface area contributed by atoms with Crippen molar-refractivity contribution >= 4 is 21.6 Å². The fourth-order valence-electron chi connectivity index (χ4n) is 2.36. The van der Waals surface area contributed by atoms with E-state index in [9.17, 15) is 4.39 Å². The molecule has 2 heterocycles. The third kappa shape index (κ3) is 3.04. The summed E-state index contributed by atoms with van der Waals surface area (Å²) >= 11 is 3.37. The Labute approximate surface area is 136 Å². The number of aromatic nitrogens is 2. The summed E-state index contributed by atoms with van der Waals surface area (Å²) in [6.07, 6.45) is 2.03. The second-order valence-corrected chi connectivity index (χ2v) is 5.99. The van der Waals surface area contributed by atoms with Gasteiger partial charge < -0.3 is 10.3 Å². The van der Waals surface area contributed by atoms with Gasteiger partial charge in [-0.25, -0.2) is 9.37 Å². The molecule has 0 aliphatic carbocycles. The number of anilines is 1. The van der Waals surface area contributed by atoms with Crippen LogP contribution < -0.4 is 5.73 Å². The average Bonchev–Trinajstić information content (AvgIpc) is 2.85. The van der Waals surface area contributed by atoms with Crippen LogP contribution in [0, 0.1) is 12.7 Å². The van der Waals surface area contributed by atoms with Gasteiger partial charge in [-0.2, -0.15) is 0 Å². The van der Waals surface area contributed by atoms with Gasteiger partial charge in [-0.05, 0) is 64.3 Å². The summed E-state index contributed by atoms with van der Waals surface area (Å²) in [5, 5.41) is 0. The molecule has 0 spiro atoms. The summed E-state index contributed by atoms with van der Waals surface area (Å²) in [6, 6.07) is 12.2. The Morgan fingerprint density at radius 2 is 1.86 bits per heavy atom. The normalized spacial score (nSPS) is 10.9. The molecule has 0 aliphatic heterocycles. The van der Waals surface area contributed by atoms with Crippen molar-refractivity contribution in [1.29, 1.82) is 0 Å². The number of aryl methyl sites for hydroxylation is 1. The number of nitrogens with two attached hydrogens (primary N) is 1. The topological polar surface area (TPSA) is 43.8 Å². The first kappa shape index (κ1) is 14.8. The summed E-state index contributed by atoms with van der Waals surface area (Å²) < 4.78 is 15.9. The maximum Gasteiger partial charge on any atom is 0.123 e. The number of hydrogen-bond acceptors (Lipinski definition) is 2. The molecule has 0 fully saturated rings. The number of nitrogen functional groups attached to an aromatic ring is 1. The van der Waals surface area contributed by atoms with Gasteiger partial charge in [0, 0.05) is 11.9 Å². The molecule has 3 rings (SSSR count). The standard InChI is InChI=1S/C17H15BrFN3/c1-11-8-13(12-2-4-14(19)5-3-12)9-22(11)10-16-15(20)6-7-17(18)21-16/h2-9H,10,20H2,1H3. The third-order valence-electron chi connectivity index (χ3n) is 3.59. The third-order valence-corrected chi connectivity index (χ3v) is 4.03. The Bertz CT molecular complexity index is 809. The van der Waals surface area contributed by atoms with Gasteiger partial charge in [0.1, 0.15) is 10.4 Å². The molecule has 0 unspecified atom stereocenters. The lowest BCUT2D eigenvalue weighted by atomic mass is 10.1. The predicted molar refractivity (Wildman–Crippen MR) is 90.0 cm³/mol. The summed E-state index contributed by atoms with van der Waals surface area (Å²) in [6.45, 7) is 2.62. The molecule has 22 heavy (non-hydrogen) atoms. The van der Waals surface area contributed by atoms with E-state index in [1.54, 1.807) is 12.1 Å². The molecule has 5 heteroatoms. The molecular weight excluding hydrogens is 345 g/mol. The molecule has 1 aromatic carbocycles. The lowest BCUT2D eigenvalue weighted by molar-refractivity contribution is 0.628. The van der Waals surface area contributed by atoms with E-state index < -0.39 is 0 Å². The van der Waals surface area contributed by atoms with Crippen molar-refractivity contribution in [2.24, 2.45) is 0 Å². The van der Waals surface area contributed by atoms with Crippen LogP contribution in [0.3, 0.4) is 0 Å². The summed E-state index contributed by atoms with van der Waals surface area (Å²) in [5.74, 6) is -0.231. The molecule has 0 bridgehead atoms. The highest BCUT2D eigenvalue weighted by molar-refractivity contribution is 9.10. The van der Waals surface area contributed by atoms with Crippen LogP contribution in [-0.2, 0) is 6.54 Å². The maximum atomic E-state index is 13.0. The molecule has 0 amide bonds. The summed E-state index contributed by atoms with van der Waals surface area (Å²) in [5.41, 5.74) is 10.6. The number of rotatable bonds is 3. The van der Waals surface area contributed by atoms with E-state index in [4.69, 9.17) is 5.73 Å². The Morgan fingerprint density at radius 1 is 1.14 bits per heavy atom. The van der Waals surface area contributed by atoms with Crippen LogP contribution in [0.4, 0.5) is 10.1 Å². The van der Waals surface area contributed by atoms with Gasteiger partial charge in [0.05, 0.1) is 17.9 Å². The Morgan fingerprint density at radius 3 is 2.59 bits per heavy atom. The van der Waals surface area contributed by atoms with Crippen LogP contribution in [0.25, 0.3) is 11.1 Å². The van der Waals surface area contributed by atoms with Crippen molar-refractivity contribution in [1.82, 2.24) is 9.55 Å². The van der Waals surface area contributed by atoms with E-state index in [0.717, 1.165) is 27.1 Å². The van der Waals surface area contributed by atoms with Gasteiger partial charge in [0.15, 0.2) is 0 Å². The lowest BCUT2D eigenvalue weighted by Crippen LogP contribution is -2.05. The highest BCUT2D eigenvalue weighted by Gasteiger charge is 2.08. The number of benzene rings is 1. The van der Waals surface area contributed by atoms with Gasteiger partial charge >= 0.3 is 0 Å². The molecular formula is C17H15BrFN3. The average molecular weight is 360 g/mol. The minimum atomic E-state index is -0.231. The van der Waals surface area contributed by atoms with Gasteiger partial charge in [0.2, 0.25) is 0 Å². The quantitative estimate of drug-likeness (QED) is 0.704. The monoisotopic (exact) mass is 359 g/mol. The van der Waals surface area contributed by atoms with Crippen LogP contribution in [0.5, 0.6) is 0 Å². The van der Waals surface area contributed by atoms with Crippen LogP contribution in [0.15, 0.2) is 53.3 Å². The summed E-state index contributed by atoms with van der Waals surface area (Å²) in [4.78, 5) is 4.42. The fraction of sp³-hybridized carbons (Fsp3) is 0.118. The van der Waals surface area contributed by atoms with Gasteiger partial charge in [-0.15, -0.1) is 0 Å². The molecule has 2 N–H and O–H groups in total. The van der Waals surface area contributed by atoms with Gasteiger partial charge in [-0.1, -0.05) is 12.1 Å². The first-order valence-electron chi connectivity index (χ1n) is 6.86. The molecule has 0 radical (unpaired) electrons. The van der Waals surface area contributed by atoms with Gasteiger partial charge in [0.25, 0.3) is 0 Å². The van der Waals surface area contributed by atoms with E-state index in [-0.39, 0.29) is 5.82 Å². The second-order valence-electron chi connectivity index (χ2n) is 5.17. The van der Waals surface area contributed by atoms with Crippen LogP contribution >= 0.6 is 15.9 Å². The van der Waals surface area contributed by atoms with E-state index in [1.165, 1.54) is 12.1 Å². The fourth-order valence-corrected chi connectivity index (χ4v) is 2.71. The minimum Gasteiger partial charge on any atom is -0.397 e. The van der Waals surface area contributed by atoms with Crippen molar-refractivity contribution < 1.29 is 4.39 Å². The molecule has 0 saturated heterocycles. The smallest absolute Gasteiger partial charge is 0.123 e. The highest BCUT2D eigenvalue weighted by atomic mass is 79.9. The molecule has 2 aromatic heterocycles. The van der Waals surface area contributed by atoms with Crippen LogP contribution in [0.2, 0.25) is 0 Å². The van der Waals surface area contributed by atoms with Crippen molar-refractivity contribution in [3.8, 4) is 11.1 Å². The zero-order chi connectivity index (χ0) is 15.7. The van der Waals surface area contributed by atoms with Crippen molar-refractivity contribution in [3.63, 3.8) is 0 Å². The number of hydrogen-bond donors (Lipinski definition) is 1. The maximum absolute atomic E-state index is 13.0. The first-order valence-corrected chi connectivity index (χ1v) is 7.66. The highest BCUT2D eigenvalue weighted by Crippen LogP contribution is 2.24. The van der Waals surface area contributed by atoms with Crippen molar-refractivity contribution in [2.45, 2.75) is 13.5 Å². The molecule has 0 atom stereocenters. The largest absolute Gasteiger partial charge is 0.397 e. The molecule has 3 nitrogen and oxygen atoms in total. The molecule has 0 aliphatic rings. The summed E-state index contributed by atoms with van der Waals surface area (Å²) in [7, 11) is 0. The zero-order valence-electron chi connectivity index (χ0n) is 12.1. The van der Waals surface area contributed by atoms with Crippen molar-refractivity contribution in [3.05, 3.63) is 70.5 Å². The second kappa shape index (κ2) is 5.93. The number of halogens is 2. The van der Waals surface area contributed by atoms with E-state index >= 15 is 0 Å². The van der Waals surface area contributed by atoms with Crippen molar-refractivity contribution in [2.75, 3.05) is 5.73 Å². The Hall–Kier alpha value is -2.14. The molecule has 0 saturated carbocycles. The molecule has 3 aromatic rings. The minimum absolute atomic E-state index is 0.231. The van der Waals surface area contributed by atoms with E-state index in [2.05, 4.69) is 31.5 Å². The predicted octanol–water partition coefficient (Wildman–Crippen LogP) is 4.39. The number of pyridine rings is 1. The van der Waals surface area contributed by atoms with Crippen LogP contribution in [-0.4, -0.2) is 9.55 Å². The Kier molecular flexibility index (Phi) is 3.98. The Balaban J connectivity index is 1.92. The van der Waals surface area contributed by atoms with E-state index in [0.29, 0.717) is 12.2 Å². The van der Waals surface area contributed by atoms with E-state index in [1.807, 2.05) is 25.3 Å². The van der Waals surface area contributed by atoms with Gasteiger partial charge in [-0.3, -0.25) is 0 Å². The molecule has 112 valence electrons.